The van der Waals surface area contributed by atoms with Gasteiger partial charge in [0.2, 0.25) is 0 Å². The molecule has 0 aromatic rings. The van der Waals surface area contributed by atoms with Crippen LogP contribution in [0.25, 0.3) is 0 Å². The standard InChI is InChI=1S/C11H23N3S/c1-9(2)8-15-7-3-6-13-11(12)14-10-4-5-10/h9-10H,3-8H2,1-2H3,(H3,12,13,14). The molecule has 0 radical (unpaired) electrons. The highest BCUT2D eigenvalue weighted by Crippen LogP contribution is 2.17. The van der Waals surface area contributed by atoms with Gasteiger partial charge in [0.05, 0.1) is 0 Å². The van der Waals surface area contributed by atoms with Gasteiger partial charge in [-0.15, -0.1) is 0 Å². The van der Waals surface area contributed by atoms with Crippen LogP contribution in [-0.4, -0.2) is 30.1 Å². The Morgan fingerprint density at radius 1 is 1.53 bits per heavy atom. The summed E-state index contributed by atoms with van der Waals surface area (Å²) in [6.45, 7) is 5.36. The van der Waals surface area contributed by atoms with E-state index in [-0.39, 0.29) is 0 Å². The highest BCUT2D eigenvalue weighted by molar-refractivity contribution is 7.99. The summed E-state index contributed by atoms with van der Waals surface area (Å²) in [6, 6.07) is 0.615. The third-order valence-electron chi connectivity index (χ3n) is 2.11. The Morgan fingerprint density at radius 3 is 2.87 bits per heavy atom. The van der Waals surface area contributed by atoms with Gasteiger partial charge in [-0.3, -0.25) is 4.99 Å². The van der Waals surface area contributed by atoms with Crippen LogP contribution in [0.4, 0.5) is 0 Å². The number of aliphatic imine (C=N–C) groups is 1. The van der Waals surface area contributed by atoms with Crippen molar-refractivity contribution in [1.82, 2.24) is 5.32 Å². The van der Waals surface area contributed by atoms with Crippen molar-refractivity contribution >= 4 is 17.7 Å². The van der Waals surface area contributed by atoms with Crippen LogP contribution in [0.15, 0.2) is 4.99 Å². The molecule has 0 unspecified atom stereocenters. The molecular weight excluding hydrogens is 206 g/mol. The summed E-state index contributed by atoms with van der Waals surface area (Å²) in [6.07, 6.45) is 3.63. The quantitative estimate of drug-likeness (QED) is 0.398. The minimum absolute atomic E-state index is 0.615. The molecule has 0 aromatic heterocycles. The summed E-state index contributed by atoms with van der Waals surface area (Å²) in [7, 11) is 0. The van der Waals surface area contributed by atoms with Gasteiger partial charge in [-0.25, -0.2) is 0 Å². The van der Waals surface area contributed by atoms with Gasteiger partial charge in [0.25, 0.3) is 0 Å². The predicted molar refractivity (Wildman–Crippen MR) is 69.4 cm³/mol. The summed E-state index contributed by atoms with van der Waals surface area (Å²) in [5.41, 5.74) is 5.71. The van der Waals surface area contributed by atoms with Gasteiger partial charge >= 0.3 is 0 Å². The first-order valence-electron chi connectivity index (χ1n) is 5.82. The number of nitrogens with zero attached hydrogens (tertiary/aromatic N) is 1. The molecule has 3 N–H and O–H groups in total. The molecule has 1 aliphatic carbocycles. The van der Waals surface area contributed by atoms with Gasteiger partial charge in [0.1, 0.15) is 0 Å². The van der Waals surface area contributed by atoms with Crippen LogP contribution in [-0.2, 0) is 0 Å². The smallest absolute Gasteiger partial charge is 0.188 e. The van der Waals surface area contributed by atoms with E-state index >= 15 is 0 Å². The maximum Gasteiger partial charge on any atom is 0.188 e. The number of guanidine groups is 1. The fraction of sp³-hybridized carbons (Fsp3) is 0.909. The third-order valence-corrected chi connectivity index (χ3v) is 3.59. The van der Waals surface area contributed by atoms with E-state index in [2.05, 4.69) is 24.2 Å². The van der Waals surface area contributed by atoms with Crippen molar-refractivity contribution < 1.29 is 0 Å². The van der Waals surface area contributed by atoms with Crippen LogP contribution in [0.2, 0.25) is 0 Å². The molecule has 0 aliphatic heterocycles. The van der Waals surface area contributed by atoms with Crippen LogP contribution in [0.5, 0.6) is 0 Å². The van der Waals surface area contributed by atoms with Gasteiger partial charge in [-0.1, -0.05) is 13.8 Å². The van der Waals surface area contributed by atoms with Gasteiger partial charge in [0, 0.05) is 12.6 Å². The van der Waals surface area contributed by atoms with Crippen molar-refractivity contribution in [2.75, 3.05) is 18.1 Å². The lowest BCUT2D eigenvalue weighted by Crippen LogP contribution is -2.33. The van der Waals surface area contributed by atoms with E-state index in [1.54, 1.807) is 0 Å². The lowest BCUT2D eigenvalue weighted by molar-refractivity contribution is 0.749. The Balaban J connectivity index is 1.90. The molecule has 0 saturated heterocycles. The molecule has 15 heavy (non-hydrogen) atoms. The minimum atomic E-state index is 0.615. The number of nitrogens with two attached hydrogens (primary N) is 1. The second-order valence-corrected chi connectivity index (χ2v) is 5.66. The number of hydrogen-bond donors (Lipinski definition) is 2. The van der Waals surface area contributed by atoms with E-state index in [1.165, 1.54) is 24.3 Å². The van der Waals surface area contributed by atoms with Gasteiger partial charge in [-0.2, -0.15) is 11.8 Å². The SMILES string of the molecule is CC(C)CSCCCN=C(N)NC1CC1. The van der Waals surface area contributed by atoms with Crippen LogP contribution in [0.3, 0.4) is 0 Å². The Kier molecular flexibility index (Phi) is 5.91. The van der Waals surface area contributed by atoms with E-state index in [0.29, 0.717) is 12.0 Å². The first-order valence-corrected chi connectivity index (χ1v) is 6.98. The van der Waals surface area contributed by atoms with Crippen molar-refractivity contribution in [3.8, 4) is 0 Å². The molecule has 1 rings (SSSR count). The average Bonchev–Trinajstić information content (AvgIpc) is 2.94. The second-order valence-electron chi connectivity index (χ2n) is 4.51. The molecule has 0 heterocycles. The zero-order chi connectivity index (χ0) is 11.1. The molecule has 1 saturated carbocycles. The molecule has 0 bridgehead atoms. The Hall–Kier alpha value is -0.380. The maximum absolute atomic E-state index is 5.71. The van der Waals surface area contributed by atoms with Crippen LogP contribution < -0.4 is 11.1 Å². The largest absolute Gasteiger partial charge is 0.370 e. The molecule has 0 spiro atoms. The molecule has 0 amide bonds. The Labute approximate surface area is 97.3 Å². The summed E-state index contributed by atoms with van der Waals surface area (Å²) in [4.78, 5) is 4.29. The number of hydrogen-bond acceptors (Lipinski definition) is 2. The summed E-state index contributed by atoms with van der Waals surface area (Å²) < 4.78 is 0. The number of thioether (sulfide) groups is 1. The molecule has 1 aliphatic rings. The van der Waals surface area contributed by atoms with Crippen LogP contribution >= 0.6 is 11.8 Å². The Bertz CT molecular complexity index is 200. The Morgan fingerprint density at radius 2 is 2.27 bits per heavy atom. The van der Waals surface area contributed by atoms with E-state index in [1.807, 2.05) is 11.8 Å². The van der Waals surface area contributed by atoms with E-state index < -0.39 is 0 Å². The van der Waals surface area contributed by atoms with Crippen molar-refractivity contribution in [2.45, 2.75) is 39.2 Å². The van der Waals surface area contributed by atoms with Crippen LogP contribution in [0.1, 0.15) is 33.1 Å². The normalized spacial score (nSPS) is 17.1. The molecule has 0 aromatic carbocycles. The fourth-order valence-corrected chi connectivity index (χ4v) is 2.14. The van der Waals surface area contributed by atoms with Gasteiger partial charge in [-0.05, 0) is 36.7 Å². The van der Waals surface area contributed by atoms with Crippen molar-refractivity contribution in [2.24, 2.45) is 16.6 Å². The summed E-state index contributed by atoms with van der Waals surface area (Å²) in [5, 5.41) is 3.18. The van der Waals surface area contributed by atoms with E-state index in [0.717, 1.165) is 18.9 Å². The average molecular weight is 229 g/mol. The van der Waals surface area contributed by atoms with Gasteiger partial charge in [0.15, 0.2) is 5.96 Å². The lowest BCUT2D eigenvalue weighted by atomic mass is 10.3. The lowest BCUT2D eigenvalue weighted by Gasteiger charge is -2.04. The minimum Gasteiger partial charge on any atom is -0.370 e. The van der Waals surface area contributed by atoms with Crippen LogP contribution in [0, 0.1) is 5.92 Å². The molecular formula is C11H23N3S. The maximum atomic E-state index is 5.71. The highest BCUT2D eigenvalue weighted by Gasteiger charge is 2.21. The monoisotopic (exact) mass is 229 g/mol. The van der Waals surface area contributed by atoms with E-state index in [4.69, 9.17) is 5.73 Å². The number of rotatable bonds is 7. The molecule has 3 nitrogen and oxygen atoms in total. The molecule has 88 valence electrons. The zero-order valence-electron chi connectivity index (χ0n) is 9.83. The molecule has 0 atom stereocenters. The van der Waals surface area contributed by atoms with Crippen molar-refractivity contribution in [3.05, 3.63) is 0 Å². The zero-order valence-corrected chi connectivity index (χ0v) is 10.6. The van der Waals surface area contributed by atoms with E-state index in [9.17, 15) is 0 Å². The predicted octanol–water partition coefficient (Wildman–Crippen LogP) is 1.83. The number of nitrogens with one attached hydrogen (secondary N) is 1. The first-order chi connectivity index (χ1) is 7.18. The summed E-state index contributed by atoms with van der Waals surface area (Å²) in [5.74, 6) is 3.87. The first kappa shape index (κ1) is 12.7. The second kappa shape index (κ2) is 6.99. The van der Waals surface area contributed by atoms with Crippen molar-refractivity contribution in [1.29, 1.82) is 0 Å². The van der Waals surface area contributed by atoms with Crippen molar-refractivity contribution in [3.63, 3.8) is 0 Å². The van der Waals surface area contributed by atoms with Gasteiger partial charge < -0.3 is 11.1 Å². The topological polar surface area (TPSA) is 50.4 Å². The summed E-state index contributed by atoms with van der Waals surface area (Å²) >= 11 is 2.01. The highest BCUT2D eigenvalue weighted by atomic mass is 32.2. The molecule has 4 heteroatoms. The fourth-order valence-electron chi connectivity index (χ4n) is 1.17. The third kappa shape index (κ3) is 7.54. The molecule has 1 fully saturated rings.